The highest BCUT2D eigenvalue weighted by molar-refractivity contribution is 5.92. The summed E-state index contributed by atoms with van der Waals surface area (Å²) in [5.41, 5.74) is 3.57. The first-order chi connectivity index (χ1) is 12.1. The van der Waals surface area contributed by atoms with Crippen molar-refractivity contribution in [3.63, 3.8) is 0 Å². The van der Waals surface area contributed by atoms with Crippen LogP contribution in [0.25, 0.3) is 0 Å². The van der Waals surface area contributed by atoms with Gasteiger partial charge in [0.05, 0.1) is 12.4 Å². The normalized spacial score (nSPS) is 10.2. The van der Waals surface area contributed by atoms with Crippen LogP contribution in [0.5, 0.6) is 0 Å². The van der Waals surface area contributed by atoms with Crippen molar-refractivity contribution in [3.8, 4) is 0 Å². The molecule has 0 saturated heterocycles. The highest BCUT2D eigenvalue weighted by Crippen LogP contribution is 2.24. The van der Waals surface area contributed by atoms with E-state index in [0.29, 0.717) is 12.4 Å². The summed E-state index contributed by atoms with van der Waals surface area (Å²) in [5.74, 6) is 0.331. The lowest BCUT2D eigenvalue weighted by Gasteiger charge is -2.22. The molecule has 0 unspecified atom stereocenters. The summed E-state index contributed by atoms with van der Waals surface area (Å²) in [6.07, 6.45) is 4.63. The van der Waals surface area contributed by atoms with Crippen molar-refractivity contribution < 1.29 is 4.79 Å². The molecule has 1 amide bonds. The molecule has 0 saturated carbocycles. The molecule has 0 radical (unpaired) electrons. The van der Waals surface area contributed by atoms with Gasteiger partial charge in [-0.15, -0.1) is 6.58 Å². The van der Waals surface area contributed by atoms with Crippen LogP contribution in [-0.2, 0) is 0 Å². The molecule has 2 rings (SSSR count). The fourth-order valence-corrected chi connectivity index (χ4v) is 2.48. The van der Waals surface area contributed by atoms with E-state index in [1.54, 1.807) is 12.3 Å². The number of nitrogens with one attached hydrogen (secondary N) is 2. The molecule has 0 aliphatic rings. The van der Waals surface area contributed by atoms with Crippen LogP contribution < -0.4 is 15.5 Å². The maximum atomic E-state index is 11.8. The zero-order chi connectivity index (χ0) is 18.2. The van der Waals surface area contributed by atoms with Crippen molar-refractivity contribution in [1.82, 2.24) is 15.3 Å². The minimum absolute atomic E-state index is 0.265. The number of aromatic nitrogens is 2. The van der Waals surface area contributed by atoms with Crippen LogP contribution in [0.15, 0.2) is 43.2 Å². The van der Waals surface area contributed by atoms with Gasteiger partial charge in [-0.1, -0.05) is 6.08 Å². The molecule has 0 atom stereocenters. The minimum atomic E-state index is -0.265. The predicted octanol–water partition coefficient (Wildman–Crippen LogP) is 3.29. The SMILES string of the molecule is C=CCNC(=O)c1cnc(Nc2ccc(N(CC)CC)cc2C)cn1. The van der Waals surface area contributed by atoms with Gasteiger partial charge in [-0.25, -0.2) is 9.97 Å². The van der Waals surface area contributed by atoms with Gasteiger partial charge in [-0.05, 0) is 44.5 Å². The van der Waals surface area contributed by atoms with Crippen LogP contribution in [-0.4, -0.2) is 35.5 Å². The van der Waals surface area contributed by atoms with E-state index >= 15 is 0 Å². The summed E-state index contributed by atoms with van der Waals surface area (Å²) in [6.45, 7) is 12.3. The van der Waals surface area contributed by atoms with Crippen molar-refractivity contribution >= 4 is 23.1 Å². The molecule has 0 aliphatic heterocycles. The molecule has 6 heteroatoms. The van der Waals surface area contributed by atoms with Crippen LogP contribution in [0.3, 0.4) is 0 Å². The molecule has 25 heavy (non-hydrogen) atoms. The number of carbonyl (C=O) groups excluding carboxylic acids is 1. The first-order valence-corrected chi connectivity index (χ1v) is 8.42. The fourth-order valence-electron chi connectivity index (χ4n) is 2.48. The molecule has 1 aromatic heterocycles. The van der Waals surface area contributed by atoms with E-state index in [4.69, 9.17) is 0 Å². The fraction of sp³-hybridized carbons (Fsp3) is 0.316. The van der Waals surface area contributed by atoms with Gasteiger partial charge in [-0.2, -0.15) is 0 Å². The van der Waals surface area contributed by atoms with Crippen LogP contribution in [0.4, 0.5) is 17.2 Å². The Balaban J connectivity index is 2.09. The maximum absolute atomic E-state index is 11.8. The van der Waals surface area contributed by atoms with Crippen LogP contribution in [0.1, 0.15) is 29.9 Å². The summed E-state index contributed by atoms with van der Waals surface area (Å²) in [6, 6.07) is 6.28. The molecule has 0 bridgehead atoms. The Morgan fingerprint density at radius 2 is 2.00 bits per heavy atom. The number of benzene rings is 1. The Morgan fingerprint density at radius 1 is 1.24 bits per heavy atom. The second-order valence-electron chi connectivity index (χ2n) is 5.58. The number of carbonyl (C=O) groups is 1. The first kappa shape index (κ1) is 18.4. The van der Waals surface area contributed by atoms with E-state index in [9.17, 15) is 4.79 Å². The lowest BCUT2D eigenvalue weighted by molar-refractivity contribution is 0.0952. The molecule has 0 spiro atoms. The van der Waals surface area contributed by atoms with E-state index in [-0.39, 0.29) is 11.6 Å². The topological polar surface area (TPSA) is 70.2 Å². The molecule has 1 heterocycles. The molecule has 2 N–H and O–H groups in total. The number of hydrogen-bond acceptors (Lipinski definition) is 5. The third kappa shape index (κ3) is 4.79. The van der Waals surface area contributed by atoms with Gasteiger partial charge in [-0.3, -0.25) is 4.79 Å². The molecular weight excluding hydrogens is 314 g/mol. The predicted molar refractivity (Wildman–Crippen MR) is 103 cm³/mol. The zero-order valence-corrected chi connectivity index (χ0v) is 15.0. The van der Waals surface area contributed by atoms with E-state index < -0.39 is 0 Å². The lowest BCUT2D eigenvalue weighted by atomic mass is 10.1. The number of amides is 1. The Labute approximate surface area is 149 Å². The van der Waals surface area contributed by atoms with E-state index in [1.807, 2.05) is 6.07 Å². The number of anilines is 3. The summed E-state index contributed by atoms with van der Waals surface area (Å²) < 4.78 is 0. The summed E-state index contributed by atoms with van der Waals surface area (Å²) >= 11 is 0. The largest absolute Gasteiger partial charge is 0.372 e. The Hall–Kier alpha value is -2.89. The Kier molecular flexibility index (Phi) is 6.51. The highest BCUT2D eigenvalue weighted by atomic mass is 16.1. The third-order valence-electron chi connectivity index (χ3n) is 3.89. The maximum Gasteiger partial charge on any atom is 0.271 e. The van der Waals surface area contributed by atoms with Crippen molar-refractivity contribution in [2.45, 2.75) is 20.8 Å². The molecule has 1 aromatic carbocycles. The average Bonchev–Trinajstić information content (AvgIpc) is 2.63. The Morgan fingerprint density at radius 3 is 2.56 bits per heavy atom. The summed E-state index contributed by atoms with van der Waals surface area (Å²) in [4.78, 5) is 22.5. The van der Waals surface area contributed by atoms with Crippen molar-refractivity contribution in [1.29, 1.82) is 0 Å². The van der Waals surface area contributed by atoms with Crippen LogP contribution in [0, 0.1) is 6.92 Å². The van der Waals surface area contributed by atoms with E-state index in [0.717, 1.165) is 24.3 Å². The monoisotopic (exact) mass is 339 g/mol. The summed E-state index contributed by atoms with van der Waals surface area (Å²) in [5, 5.41) is 5.91. The van der Waals surface area contributed by atoms with Gasteiger partial charge in [0.25, 0.3) is 5.91 Å². The minimum Gasteiger partial charge on any atom is -0.372 e. The molecule has 0 fully saturated rings. The number of aryl methyl sites for hydroxylation is 1. The second kappa shape index (κ2) is 8.82. The van der Waals surface area contributed by atoms with E-state index in [1.165, 1.54) is 11.9 Å². The van der Waals surface area contributed by atoms with Crippen molar-refractivity contribution in [2.75, 3.05) is 29.9 Å². The number of rotatable bonds is 8. The third-order valence-corrected chi connectivity index (χ3v) is 3.89. The second-order valence-corrected chi connectivity index (χ2v) is 5.58. The molecule has 6 nitrogen and oxygen atoms in total. The quantitative estimate of drug-likeness (QED) is 0.722. The van der Waals surface area contributed by atoms with Gasteiger partial charge in [0, 0.05) is 31.0 Å². The molecule has 2 aromatic rings. The average molecular weight is 339 g/mol. The van der Waals surface area contributed by atoms with Gasteiger partial charge >= 0.3 is 0 Å². The molecular formula is C19H25N5O. The zero-order valence-electron chi connectivity index (χ0n) is 15.0. The van der Waals surface area contributed by atoms with Crippen molar-refractivity contribution in [3.05, 3.63) is 54.5 Å². The van der Waals surface area contributed by atoms with Gasteiger partial charge in [0.15, 0.2) is 0 Å². The van der Waals surface area contributed by atoms with Gasteiger partial charge in [0.2, 0.25) is 0 Å². The standard InChI is InChI=1S/C19H25N5O/c1-5-10-20-19(25)17-12-22-18(13-21-17)23-16-9-8-15(11-14(16)4)24(6-2)7-3/h5,8-9,11-13H,1,6-7,10H2,2-4H3,(H,20,25)(H,22,23). The first-order valence-electron chi connectivity index (χ1n) is 8.42. The number of nitrogens with zero attached hydrogens (tertiary/aromatic N) is 3. The smallest absolute Gasteiger partial charge is 0.271 e. The van der Waals surface area contributed by atoms with Crippen LogP contribution in [0.2, 0.25) is 0 Å². The van der Waals surface area contributed by atoms with Gasteiger partial charge < -0.3 is 15.5 Å². The lowest BCUT2D eigenvalue weighted by Crippen LogP contribution is -2.24. The number of hydrogen-bond donors (Lipinski definition) is 2. The van der Waals surface area contributed by atoms with E-state index in [2.05, 4.69) is 65.0 Å². The highest BCUT2D eigenvalue weighted by Gasteiger charge is 2.08. The van der Waals surface area contributed by atoms with Gasteiger partial charge in [0.1, 0.15) is 11.5 Å². The van der Waals surface area contributed by atoms with Crippen LogP contribution >= 0.6 is 0 Å². The molecule has 0 aliphatic carbocycles. The summed E-state index contributed by atoms with van der Waals surface area (Å²) in [7, 11) is 0. The Bertz CT molecular complexity index is 723. The molecule has 132 valence electrons. The van der Waals surface area contributed by atoms with Crippen molar-refractivity contribution in [2.24, 2.45) is 0 Å².